The molecule has 1 heterocycles. The van der Waals surface area contributed by atoms with Crippen LogP contribution in [0.25, 0.3) is 0 Å². The number of ketones is 1. The van der Waals surface area contributed by atoms with Gasteiger partial charge in [0, 0.05) is 14.0 Å². The third-order valence-electron chi connectivity index (χ3n) is 2.83. The summed E-state index contributed by atoms with van der Waals surface area (Å²) in [7, 11) is 1.15. The summed E-state index contributed by atoms with van der Waals surface area (Å²) in [4.78, 5) is 22.8. The minimum atomic E-state index is -5.28. The zero-order valence-corrected chi connectivity index (χ0v) is 11.1. The van der Waals surface area contributed by atoms with E-state index in [4.69, 9.17) is 0 Å². The van der Waals surface area contributed by atoms with Crippen molar-refractivity contribution in [3.05, 3.63) is 23.5 Å². The molecule has 0 unspecified atom stereocenters. The number of Topliss-reactive ketones (excluding diaryl/α,β-unsaturated/α-hetero) is 1. The van der Waals surface area contributed by atoms with Gasteiger partial charge in [0.15, 0.2) is 5.78 Å². The van der Waals surface area contributed by atoms with Crippen molar-refractivity contribution >= 4 is 11.8 Å². The lowest BCUT2D eigenvalue weighted by Crippen LogP contribution is -2.51. The third-order valence-corrected chi connectivity index (χ3v) is 2.83. The molecular formula is C12H14F3NO4. The number of nitrogens with zero attached hydrogens (tertiary/aromatic N) is 1. The quantitative estimate of drug-likeness (QED) is 0.675. The molecule has 0 aliphatic rings. The van der Waals surface area contributed by atoms with Gasteiger partial charge in [0.1, 0.15) is 0 Å². The van der Waals surface area contributed by atoms with E-state index in [-0.39, 0.29) is 12.3 Å². The molecule has 1 N–H and O–H groups in total. The lowest BCUT2D eigenvalue weighted by molar-refractivity contribution is -0.269. The fraction of sp³-hybridized carbons (Fsp3) is 0.500. The Balaban J connectivity index is 3.48. The first-order valence-corrected chi connectivity index (χ1v) is 5.70. The van der Waals surface area contributed by atoms with E-state index < -0.39 is 29.2 Å². The maximum atomic E-state index is 13.1. The molecule has 8 heteroatoms. The monoisotopic (exact) mass is 293 g/mol. The summed E-state index contributed by atoms with van der Waals surface area (Å²) in [6, 6.07) is 1.98. The fourth-order valence-corrected chi connectivity index (χ4v) is 1.83. The summed E-state index contributed by atoms with van der Waals surface area (Å²) in [5.74, 6) is -2.32. The van der Waals surface area contributed by atoms with E-state index in [1.807, 2.05) is 0 Å². The van der Waals surface area contributed by atoms with E-state index in [1.54, 1.807) is 0 Å². The topological polar surface area (TPSA) is 68.5 Å². The van der Waals surface area contributed by atoms with Gasteiger partial charge >= 0.3 is 12.1 Å². The van der Waals surface area contributed by atoms with Gasteiger partial charge < -0.3 is 14.4 Å². The number of aliphatic hydroxyl groups is 1. The van der Waals surface area contributed by atoms with E-state index in [0.717, 1.165) is 30.7 Å². The SMILES string of the molecule is CCOC(=O)[C@@](O)(c1ccc(C(C)=O)n1C)C(F)(F)F. The molecule has 0 aliphatic heterocycles. The average molecular weight is 293 g/mol. The van der Waals surface area contributed by atoms with Crippen LogP contribution in [0.15, 0.2) is 12.1 Å². The Bertz CT molecular complexity index is 535. The molecule has 0 aliphatic carbocycles. The summed E-state index contributed by atoms with van der Waals surface area (Å²) in [6.07, 6.45) is -5.28. The van der Waals surface area contributed by atoms with Crippen LogP contribution < -0.4 is 0 Å². The molecule has 0 saturated heterocycles. The van der Waals surface area contributed by atoms with Gasteiger partial charge in [-0.05, 0) is 19.1 Å². The van der Waals surface area contributed by atoms with Gasteiger partial charge in [0.05, 0.1) is 18.0 Å². The molecule has 0 fully saturated rings. The second-order valence-electron chi connectivity index (χ2n) is 4.15. The van der Waals surface area contributed by atoms with Crippen molar-refractivity contribution in [3.8, 4) is 0 Å². The molecule has 0 aromatic carbocycles. The molecular weight excluding hydrogens is 279 g/mol. The van der Waals surface area contributed by atoms with Crippen molar-refractivity contribution in [1.29, 1.82) is 0 Å². The molecule has 0 radical (unpaired) electrons. The van der Waals surface area contributed by atoms with E-state index in [9.17, 15) is 27.9 Å². The van der Waals surface area contributed by atoms with Gasteiger partial charge in [0.25, 0.3) is 5.60 Å². The predicted molar refractivity (Wildman–Crippen MR) is 62.0 cm³/mol. The van der Waals surface area contributed by atoms with Crippen LogP contribution in [-0.4, -0.2) is 34.2 Å². The minimum absolute atomic E-state index is 0.0630. The third kappa shape index (κ3) is 2.43. The second kappa shape index (κ2) is 5.28. The number of carbonyl (C=O) groups excluding carboxylic acids is 2. The molecule has 1 rings (SSSR count). The van der Waals surface area contributed by atoms with Crippen molar-refractivity contribution < 1.29 is 32.6 Å². The van der Waals surface area contributed by atoms with Crippen molar-refractivity contribution in [2.75, 3.05) is 6.61 Å². The highest BCUT2D eigenvalue weighted by Gasteiger charge is 2.63. The lowest BCUT2D eigenvalue weighted by Gasteiger charge is -2.28. The number of halogens is 3. The zero-order valence-electron chi connectivity index (χ0n) is 11.1. The Kier molecular flexibility index (Phi) is 4.28. The molecule has 1 aromatic rings. The largest absolute Gasteiger partial charge is 0.463 e. The minimum Gasteiger partial charge on any atom is -0.463 e. The van der Waals surface area contributed by atoms with Gasteiger partial charge in [-0.25, -0.2) is 4.79 Å². The zero-order chi connectivity index (χ0) is 15.7. The Morgan fingerprint density at radius 1 is 1.35 bits per heavy atom. The van der Waals surface area contributed by atoms with E-state index in [2.05, 4.69) is 4.74 Å². The van der Waals surface area contributed by atoms with Crippen molar-refractivity contribution in [2.24, 2.45) is 7.05 Å². The van der Waals surface area contributed by atoms with Crippen molar-refractivity contribution in [2.45, 2.75) is 25.6 Å². The summed E-state index contributed by atoms with van der Waals surface area (Å²) in [6.45, 7) is 2.16. The van der Waals surface area contributed by atoms with Crippen LogP contribution in [0.2, 0.25) is 0 Å². The van der Waals surface area contributed by atoms with Gasteiger partial charge in [-0.3, -0.25) is 4.79 Å². The summed E-state index contributed by atoms with van der Waals surface area (Å²) in [5, 5.41) is 9.86. The first-order valence-electron chi connectivity index (χ1n) is 5.70. The van der Waals surface area contributed by atoms with Crippen LogP contribution in [0.4, 0.5) is 13.2 Å². The number of hydrogen-bond acceptors (Lipinski definition) is 4. The number of esters is 1. The number of carbonyl (C=O) groups is 2. The summed E-state index contributed by atoms with van der Waals surface area (Å²) in [5.41, 5.74) is -4.65. The summed E-state index contributed by atoms with van der Waals surface area (Å²) >= 11 is 0. The number of aromatic nitrogens is 1. The van der Waals surface area contributed by atoms with E-state index >= 15 is 0 Å². The van der Waals surface area contributed by atoms with Gasteiger partial charge in [0.2, 0.25) is 0 Å². The molecule has 0 spiro atoms. The Labute approximate surface area is 112 Å². The highest BCUT2D eigenvalue weighted by Crippen LogP contribution is 2.40. The fourth-order valence-electron chi connectivity index (χ4n) is 1.83. The molecule has 1 atom stereocenters. The summed E-state index contributed by atoms with van der Waals surface area (Å²) < 4.78 is 44.4. The molecule has 0 saturated carbocycles. The number of ether oxygens (including phenoxy) is 1. The van der Waals surface area contributed by atoms with Crippen LogP contribution in [0.1, 0.15) is 30.0 Å². The number of hydrogen-bond donors (Lipinski definition) is 1. The van der Waals surface area contributed by atoms with Crippen LogP contribution >= 0.6 is 0 Å². The standard InChI is InChI=1S/C12H14F3NO4/c1-4-20-10(18)11(19,12(13,14)15)9-6-5-8(7(2)17)16(9)3/h5-6,19H,4H2,1-3H3/t11-/m0/s1. The first kappa shape index (κ1) is 16.2. The molecule has 5 nitrogen and oxygen atoms in total. The highest BCUT2D eigenvalue weighted by molar-refractivity contribution is 5.93. The normalized spacial score (nSPS) is 14.8. The number of alkyl halides is 3. The maximum Gasteiger partial charge on any atom is 0.434 e. The van der Waals surface area contributed by atoms with Crippen LogP contribution in [0.5, 0.6) is 0 Å². The second-order valence-corrected chi connectivity index (χ2v) is 4.15. The Morgan fingerprint density at radius 2 is 1.90 bits per heavy atom. The molecule has 1 aromatic heterocycles. The van der Waals surface area contributed by atoms with E-state index in [1.165, 1.54) is 6.92 Å². The van der Waals surface area contributed by atoms with Gasteiger partial charge in [-0.1, -0.05) is 0 Å². The van der Waals surface area contributed by atoms with Crippen LogP contribution in [0, 0.1) is 0 Å². The van der Waals surface area contributed by atoms with Crippen molar-refractivity contribution in [1.82, 2.24) is 4.57 Å². The van der Waals surface area contributed by atoms with E-state index in [0.29, 0.717) is 0 Å². The molecule has 112 valence electrons. The average Bonchev–Trinajstić information content (AvgIpc) is 2.69. The first-order chi connectivity index (χ1) is 9.07. The predicted octanol–water partition coefficient (Wildman–Crippen LogP) is 1.54. The van der Waals surface area contributed by atoms with Crippen LogP contribution in [0.3, 0.4) is 0 Å². The van der Waals surface area contributed by atoms with Gasteiger partial charge in [-0.15, -0.1) is 0 Å². The smallest absolute Gasteiger partial charge is 0.434 e. The molecule has 0 bridgehead atoms. The number of rotatable bonds is 4. The Hall–Kier alpha value is -1.83. The Morgan fingerprint density at radius 3 is 2.25 bits per heavy atom. The highest BCUT2D eigenvalue weighted by atomic mass is 19.4. The molecule has 0 amide bonds. The maximum absolute atomic E-state index is 13.1. The van der Waals surface area contributed by atoms with Crippen molar-refractivity contribution in [3.63, 3.8) is 0 Å². The van der Waals surface area contributed by atoms with Gasteiger partial charge in [-0.2, -0.15) is 13.2 Å². The van der Waals surface area contributed by atoms with Crippen LogP contribution in [-0.2, 0) is 22.2 Å². The molecule has 20 heavy (non-hydrogen) atoms. The lowest BCUT2D eigenvalue weighted by atomic mass is 9.99.